The highest BCUT2D eigenvalue weighted by atomic mass is 16.5. The van der Waals surface area contributed by atoms with Gasteiger partial charge < -0.3 is 23.0 Å². The molecule has 0 aliphatic carbocycles. The molecule has 57 heavy (non-hydrogen) atoms. The molecule has 0 aliphatic rings. The number of hydrogen-bond donors (Lipinski definition) is 0. The van der Waals surface area contributed by atoms with Gasteiger partial charge in [0.2, 0.25) is 6.33 Å². The topological polar surface area (TPSA) is 45.7 Å². The highest BCUT2D eigenvalue weighted by molar-refractivity contribution is 6.40. The van der Waals surface area contributed by atoms with E-state index in [1.807, 2.05) is 53.0 Å². The summed E-state index contributed by atoms with van der Waals surface area (Å²) in [5, 5.41) is 7.23. The summed E-state index contributed by atoms with van der Waals surface area (Å²) >= 11 is 0. The first kappa shape index (κ1) is 33.2. The Labute approximate surface area is 329 Å². The SMILES string of the molecule is Cn1[c-][n+](-c2cccc(Oc3ccc4c5c6c(c7ccccc7n6-c6ccccc6)c6c7ccccc7n(C)c6c5n(-c5cc(C(C)(C)C)ccn5)c4c3)c2)cc1. The Morgan fingerprint density at radius 1 is 0.596 bits per heavy atom. The van der Waals surface area contributed by atoms with Gasteiger partial charge in [0, 0.05) is 75.2 Å². The zero-order valence-electron chi connectivity index (χ0n) is 32.5. The Bertz CT molecular complexity index is 3390. The number of para-hydroxylation sites is 3. The van der Waals surface area contributed by atoms with E-state index in [1.54, 1.807) is 0 Å². The molecule has 0 aliphatic heterocycles. The molecule has 7 heteroatoms. The van der Waals surface area contributed by atoms with Crippen molar-refractivity contribution in [2.45, 2.75) is 26.2 Å². The highest BCUT2D eigenvalue weighted by Gasteiger charge is 2.28. The lowest BCUT2D eigenvalue weighted by molar-refractivity contribution is -0.599. The Morgan fingerprint density at radius 3 is 2.07 bits per heavy atom. The molecule has 5 aromatic heterocycles. The van der Waals surface area contributed by atoms with Crippen LogP contribution in [0.3, 0.4) is 0 Å². The molecular formula is C50H40N6O. The van der Waals surface area contributed by atoms with Crippen molar-refractivity contribution in [3.63, 3.8) is 0 Å². The smallest absolute Gasteiger partial charge is 0.243 e. The van der Waals surface area contributed by atoms with Crippen molar-refractivity contribution in [1.82, 2.24) is 23.3 Å². The first-order valence-electron chi connectivity index (χ1n) is 19.4. The van der Waals surface area contributed by atoms with Gasteiger partial charge in [0.15, 0.2) is 0 Å². The zero-order chi connectivity index (χ0) is 38.6. The monoisotopic (exact) mass is 740 g/mol. The largest absolute Gasteiger partial charge is 0.458 e. The van der Waals surface area contributed by atoms with E-state index in [2.05, 4.69) is 163 Å². The first-order valence-corrected chi connectivity index (χ1v) is 19.4. The quantitative estimate of drug-likeness (QED) is 0.130. The molecule has 5 heterocycles. The molecular weight excluding hydrogens is 701 g/mol. The van der Waals surface area contributed by atoms with Crippen molar-refractivity contribution in [3.05, 3.63) is 164 Å². The second-order valence-electron chi connectivity index (χ2n) is 16.1. The number of rotatable bonds is 5. The van der Waals surface area contributed by atoms with Crippen LogP contribution in [0.25, 0.3) is 82.6 Å². The van der Waals surface area contributed by atoms with Crippen molar-refractivity contribution < 1.29 is 9.30 Å². The van der Waals surface area contributed by atoms with Crippen LogP contribution >= 0.6 is 0 Å². The molecule has 0 saturated carbocycles. The number of nitrogens with zero attached hydrogens (tertiary/aromatic N) is 6. The minimum Gasteiger partial charge on any atom is -0.458 e. The van der Waals surface area contributed by atoms with Crippen LogP contribution in [0.2, 0.25) is 0 Å². The van der Waals surface area contributed by atoms with Gasteiger partial charge in [-0.15, -0.1) is 0 Å². The molecule has 6 aromatic carbocycles. The molecule has 0 N–H and O–H groups in total. The van der Waals surface area contributed by atoms with Gasteiger partial charge in [-0.05, 0) is 71.6 Å². The molecule has 7 nitrogen and oxygen atoms in total. The number of benzene rings is 6. The number of pyridine rings is 1. The minimum atomic E-state index is -0.0775. The Hall–Kier alpha value is -7.12. The Kier molecular flexibility index (Phi) is 7.11. The number of aromatic nitrogens is 6. The summed E-state index contributed by atoms with van der Waals surface area (Å²) in [6.07, 6.45) is 9.22. The molecule has 0 bridgehead atoms. The maximum atomic E-state index is 6.73. The summed E-state index contributed by atoms with van der Waals surface area (Å²) in [5.74, 6) is 2.35. The van der Waals surface area contributed by atoms with Gasteiger partial charge in [0.1, 0.15) is 17.3 Å². The molecule has 0 amide bonds. The van der Waals surface area contributed by atoms with Crippen molar-refractivity contribution in [2.75, 3.05) is 0 Å². The van der Waals surface area contributed by atoms with Crippen LogP contribution in [0.15, 0.2) is 152 Å². The lowest BCUT2D eigenvalue weighted by Gasteiger charge is -2.20. The first-order chi connectivity index (χ1) is 27.7. The average Bonchev–Trinajstić information content (AvgIpc) is 3.98. The fraction of sp³-hybridized carbons (Fsp3) is 0.120. The van der Waals surface area contributed by atoms with Crippen molar-refractivity contribution >= 4 is 65.4 Å². The zero-order valence-corrected chi connectivity index (χ0v) is 32.5. The third-order valence-corrected chi connectivity index (χ3v) is 11.5. The third kappa shape index (κ3) is 4.98. The van der Waals surface area contributed by atoms with Gasteiger partial charge in [-0.2, -0.15) is 0 Å². The average molecular weight is 741 g/mol. The Balaban J connectivity index is 1.32. The predicted molar refractivity (Wildman–Crippen MR) is 231 cm³/mol. The van der Waals surface area contributed by atoms with E-state index in [9.17, 15) is 0 Å². The normalized spacial score (nSPS) is 12.3. The van der Waals surface area contributed by atoms with Crippen LogP contribution in [0.1, 0.15) is 26.3 Å². The van der Waals surface area contributed by atoms with Crippen LogP contribution < -0.4 is 9.30 Å². The van der Waals surface area contributed by atoms with Crippen molar-refractivity contribution in [2.24, 2.45) is 14.1 Å². The second-order valence-corrected chi connectivity index (χ2v) is 16.1. The van der Waals surface area contributed by atoms with E-state index < -0.39 is 0 Å². The van der Waals surface area contributed by atoms with Crippen LogP contribution in [0, 0.1) is 6.33 Å². The van der Waals surface area contributed by atoms with Gasteiger partial charge in [-0.25, -0.2) is 4.98 Å². The van der Waals surface area contributed by atoms with E-state index in [4.69, 9.17) is 9.72 Å². The summed E-state index contributed by atoms with van der Waals surface area (Å²) in [5.41, 5.74) is 10.1. The molecule has 0 radical (unpaired) electrons. The summed E-state index contributed by atoms with van der Waals surface area (Å²) < 4.78 is 17.8. The molecule has 0 atom stereocenters. The molecule has 276 valence electrons. The van der Waals surface area contributed by atoms with E-state index in [-0.39, 0.29) is 5.41 Å². The van der Waals surface area contributed by atoms with E-state index in [0.717, 1.165) is 45.1 Å². The summed E-state index contributed by atoms with van der Waals surface area (Å²) in [6, 6.07) is 47.5. The third-order valence-electron chi connectivity index (χ3n) is 11.5. The molecule has 11 aromatic rings. The van der Waals surface area contributed by atoms with Crippen molar-refractivity contribution in [3.8, 4) is 28.7 Å². The predicted octanol–water partition coefficient (Wildman–Crippen LogP) is 11.4. The number of ether oxygens (including phenoxy) is 1. The Morgan fingerprint density at radius 2 is 1.30 bits per heavy atom. The molecule has 0 saturated heterocycles. The molecule has 0 unspecified atom stereocenters. The highest BCUT2D eigenvalue weighted by Crippen LogP contribution is 2.49. The number of imidazole rings is 1. The molecule has 11 rings (SSSR count). The maximum Gasteiger partial charge on any atom is 0.243 e. The van der Waals surface area contributed by atoms with E-state index in [0.29, 0.717) is 0 Å². The van der Waals surface area contributed by atoms with Crippen LogP contribution in [-0.4, -0.2) is 23.3 Å². The lowest BCUT2D eigenvalue weighted by atomic mass is 9.88. The summed E-state index contributed by atoms with van der Waals surface area (Å²) in [6.45, 7) is 6.77. The minimum absolute atomic E-state index is 0.0775. The number of fused-ring (bicyclic) bond motifs is 12. The fourth-order valence-electron chi connectivity index (χ4n) is 8.92. The van der Waals surface area contributed by atoms with Crippen molar-refractivity contribution in [1.29, 1.82) is 0 Å². The fourth-order valence-corrected chi connectivity index (χ4v) is 8.92. The standard InChI is InChI=1S/C50H40N6O/c1-50(2,3)32-24-25-51-43(28-32)56-42-30-36(57-35-17-13-16-34(29-35)54-27-26-52(4)31-54)22-23-39(42)46-47-44(45-37-18-9-11-20-40(37)53(5)48(45)49(46)56)38-19-10-12-21-41(38)55(47)33-14-7-6-8-15-33/h6-30H,1-5H3. The summed E-state index contributed by atoms with van der Waals surface area (Å²) in [7, 11) is 4.17. The van der Waals surface area contributed by atoms with Crippen LogP contribution in [-0.2, 0) is 19.5 Å². The van der Waals surface area contributed by atoms with Crippen LogP contribution in [0.4, 0.5) is 0 Å². The maximum absolute atomic E-state index is 6.73. The van der Waals surface area contributed by atoms with E-state index in [1.165, 1.54) is 54.6 Å². The summed E-state index contributed by atoms with van der Waals surface area (Å²) in [4.78, 5) is 5.15. The molecule has 0 spiro atoms. The van der Waals surface area contributed by atoms with Gasteiger partial charge in [0.25, 0.3) is 0 Å². The van der Waals surface area contributed by atoms with Gasteiger partial charge in [-0.3, -0.25) is 4.57 Å². The second kappa shape index (κ2) is 12.2. The number of hydrogen-bond acceptors (Lipinski definition) is 2. The number of aryl methyl sites for hydroxylation is 2. The van der Waals surface area contributed by atoms with Crippen LogP contribution in [0.5, 0.6) is 11.5 Å². The van der Waals surface area contributed by atoms with Gasteiger partial charge >= 0.3 is 0 Å². The van der Waals surface area contributed by atoms with Gasteiger partial charge in [0.05, 0.1) is 40.3 Å². The lowest BCUT2D eigenvalue weighted by Crippen LogP contribution is -2.27. The van der Waals surface area contributed by atoms with Gasteiger partial charge in [-0.1, -0.05) is 87.5 Å². The molecule has 0 fully saturated rings. The van der Waals surface area contributed by atoms with E-state index >= 15 is 0 Å².